The molecule has 16 heteroatoms. The van der Waals surface area contributed by atoms with E-state index in [1.54, 1.807) is 24.3 Å². The Morgan fingerprint density at radius 2 is 0.586 bits per heavy atom. The number of carbonyl (C=O) groups is 4. The lowest BCUT2D eigenvalue weighted by Gasteiger charge is -2.19. The van der Waals surface area contributed by atoms with Crippen molar-refractivity contribution in [3.05, 3.63) is 191 Å². The molecule has 0 bridgehead atoms. The maximum absolute atomic E-state index is 11.1. The minimum atomic E-state index is -0.958. The number of carboxylic acids is 4. The molecule has 0 spiro atoms. The fourth-order valence-electron chi connectivity index (χ4n) is 6.95. The lowest BCUT2D eigenvalue weighted by atomic mass is 9.86. The number of carboxylic acid groups (broad SMARTS) is 4. The molecule has 0 saturated carbocycles. The molecule has 0 aromatic heterocycles. The Balaban J connectivity index is 1.06. The van der Waals surface area contributed by atoms with Crippen molar-refractivity contribution in [1.29, 1.82) is 0 Å². The Morgan fingerprint density at radius 1 is 0.343 bits per heavy atom. The zero-order valence-corrected chi connectivity index (χ0v) is 41.2. The van der Waals surface area contributed by atoms with Crippen LogP contribution in [0, 0.1) is 0 Å². The first kappa shape index (κ1) is 52.9. The number of thioether (sulfide) groups is 4. The molecule has 0 fully saturated rings. The van der Waals surface area contributed by atoms with Crippen molar-refractivity contribution in [1.82, 2.24) is 0 Å². The minimum Gasteiger partial charge on any atom is -0.493 e. The molecule has 6 rings (SSSR count). The first-order valence-corrected chi connectivity index (χ1v) is 26.3. The van der Waals surface area contributed by atoms with E-state index in [4.69, 9.17) is 39.4 Å². The number of ether oxygens (including phenoxy) is 4. The van der Waals surface area contributed by atoms with Crippen LogP contribution < -0.4 is 18.9 Å². The molecule has 0 unspecified atom stereocenters. The van der Waals surface area contributed by atoms with Gasteiger partial charge in [0, 0.05) is 12.8 Å². The van der Waals surface area contributed by atoms with Crippen LogP contribution in [0.1, 0.15) is 55.4 Å². The van der Waals surface area contributed by atoms with Crippen LogP contribution in [0.5, 0.6) is 23.0 Å². The van der Waals surface area contributed by atoms with Gasteiger partial charge in [-0.1, -0.05) is 109 Å². The van der Waals surface area contributed by atoms with Gasteiger partial charge in [-0.15, -0.1) is 47.0 Å². The smallest absolute Gasteiger partial charge is 0.313 e. The van der Waals surface area contributed by atoms with Crippen LogP contribution in [0.15, 0.2) is 158 Å². The first-order valence-electron chi connectivity index (χ1n) is 22.1. The summed E-state index contributed by atoms with van der Waals surface area (Å²) >= 11 is 4.70. The van der Waals surface area contributed by atoms with Crippen molar-refractivity contribution in [3.63, 3.8) is 0 Å². The topological polar surface area (TPSA) is 186 Å². The summed E-state index contributed by atoms with van der Waals surface area (Å²) in [5, 5.41) is 36.5. The molecular weight excluding hydrogens is 969 g/mol. The molecule has 0 atom stereocenters. The van der Waals surface area contributed by atoms with Gasteiger partial charge in [-0.3, -0.25) is 19.2 Å². The molecule has 12 nitrogen and oxygen atoms in total. The zero-order valence-electron chi connectivity index (χ0n) is 37.9. The number of aliphatic carboxylic acids is 4. The van der Waals surface area contributed by atoms with Crippen LogP contribution in [-0.4, -0.2) is 93.7 Å². The summed E-state index contributed by atoms with van der Waals surface area (Å²) < 4.78 is 23.5. The van der Waals surface area contributed by atoms with Gasteiger partial charge in [-0.25, -0.2) is 0 Å². The van der Waals surface area contributed by atoms with Crippen LogP contribution in [0.3, 0.4) is 0 Å². The minimum absolute atomic E-state index is 0.132. The fraction of sp³-hybridized carbons (Fsp3) is 0.222. The molecule has 0 amide bonds. The van der Waals surface area contributed by atoms with Crippen molar-refractivity contribution < 1.29 is 58.6 Å². The van der Waals surface area contributed by atoms with Gasteiger partial charge in [0.2, 0.25) is 0 Å². The van der Waals surface area contributed by atoms with Gasteiger partial charge in [-0.05, 0) is 93.1 Å². The van der Waals surface area contributed by atoms with E-state index in [1.807, 2.05) is 84.9 Å². The van der Waals surface area contributed by atoms with E-state index in [-0.39, 0.29) is 32.2 Å². The lowest BCUT2D eigenvalue weighted by Crippen LogP contribution is -2.06. The predicted molar refractivity (Wildman–Crippen MR) is 281 cm³/mol. The second-order valence-electron chi connectivity index (χ2n) is 15.3. The zero-order chi connectivity index (χ0) is 49.5. The average Bonchev–Trinajstić information content (AvgIpc) is 3.37. The number of rotatable bonds is 30. The SMILES string of the molecule is O=C(O)CSC(SCC(=O)O)c1ccc(OCCCOc2ccc(C(=C(c3ccccc3)c3ccccc3)c3ccc(OCCCOc4ccc(C(SCC(=O)O)SCC(=O)O)cc4)cc3)cc2)cc1. The van der Waals surface area contributed by atoms with Crippen LogP contribution in [0.25, 0.3) is 11.1 Å². The summed E-state index contributed by atoms with van der Waals surface area (Å²) in [5.41, 5.74) is 7.87. The molecule has 364 valence electrons. The Labute approximate surface area is 423 Å². The molecule has 0 saturated heterocycles. The van der Waals surface area contributed by atoms with Crippen molar-refractivity contribution in [2.45, 2.75) is 22.0 Å². The van der Waals surface area contributed by atoms with Gasteiger partial charge in [0.05, 0.1) is 58.6 Å². The highest BCUT2D eigenvalue weighted by Gasteiger charge is 2.19. The van der Waals surface area contributed by atoms with Crippen molar-refractivity contribution in [2.24, 2.45) is 0 Å². The van der Waals surface area contributed by atoms with E-state index in [2.05, 4.69) is 48.5 Å². The Bertz CT molecular complexity index is 2400. The largest absolute Gasteiger partial charge is 0.493 e. The van der Waals surface area contributed by atoms with E-state index in [1.165, 1.54) is 47.0 Å². The van der Waals surface area contributed by atoms with Gasteiger partial charge in [0.15, 0.2) is 0 Å². The Morgan fingerprint density at radius 3 is 0.843 bits per heavy atom. The third-order valence-corrected chi connectivity index (χ3v) is 15.6. The van der Waals surface area contributed by atoms with E-state index >= 15 is 0 Å². The fourth-order valence-corrected chi connectivity index (χ4v) is 11.1. The highest BCUT2D eigenvalue weighted by Crippen LogP contribution is 2.42. The summed E-state index contributed by atoms with van der Waals surface area (Å²) in [7, 11) is 0. The van der Waals surface area contributed by atoms with E-state index < -0.39 is 23.9 Å². The van der Waals surface area contributed by atoms with Gasteiger partial charge < -0.3 is 39.4 Å². The highest BCUT2D eigenvalue weighted by atomic mass is 32.2. The van der Waals surface area contributed by atoms with Gasteiger partial charge >= 0.3 is 23.9 Å². The summed E-state index contributed by atoms with van der Waals surface area (Å²) in [6, 6.07) is 51.3. The lowest BCUT2D eigenvalue weighted by molar-refractivity contribution is -0.135. The van der Waals surface area contributed by atoms with E-state index in [0.29, 0.717) is 50.8 Å². The van der Waals surface area contributed by atoms with Crippen molar-refractivity contribution >= 4 is 82.1 Å². The molecule has 6 aromatic rings. The van der Waals surface area contributed by atoms with Gasteiger partial charge in [0.25, 0.3) is 0 Å². The van der Waals surface area contributed by atoms with Crippen LogP contribution >= 0.6 is 47.0 Å². The molecule has 0 aliphatic rings. The standard InChI is InChI=1S/C54H52O12S4/c55-47(56)33-67-53(68-34-48(57)58)41-17-25-45(26-18-41)65-31-7-29-63-43-21-13-39(14-22-43)52(51(37-9-3-1-4-10-37)38-11-5-2-6-12-38)40-15-23-44(24-16-40)64-30-8-32-66-46-27-19-42(20-28-46)54(69-35-49(59)60)70-36-50(61)62/h1-6,9-28,53-54H,7-8,29-36H2,(H,55,56)(H,57,58)(H,59,60)(H,61,62). The van der Waals surface area contributed by atoms with E-state index in [0.717, 1.165) is 56.0 Å². The number of hydrogen-bond donors (Lipinski definition) is 4. The molecule has 4 N–H and O–H groups in total. The molecule has 0 aliphatic carbocycles. The highest BCUT2D eigenvalue weighted by molar-refractivity contribution is 8.17. The average molecular weight is 1020 g/mol. The van der Waals surface area contributed by atoms with Crippen LogP contribution in [0.2, 0.25) is 0 Å². The Hall–Kier alpha value is -6.46. The van der Waals surface area contributed by atoms with Crippen molar-refractivity contribution in [2.75, 3.05) is 49.4 Å². The maximum atomic E-state index is 11.1. The number of benzene rings is 6. The molecule has 0 radical (unpaired) electrons. The molecule has 6 aromatic carbocycles. The Kier molecular flexibility index (Phi) is 21.4. The second-order valence-corrected chi connectivity index (χ2v) is 20.2. The molecule has 0 aliphatic heterocycles. The van der Waals surface area contributed by atoms with Crippen LogP contribution in [0.4, 0.5) is 0 Å². The molecule has 70 heavy (non-hydrogen) atoms. The van der Waals surface area contributed by atoms with Crippen LogP contribution in [-0.2, 0) is 19.2 Å². The first-order chi connectivity index (χ1) is 34.0. The molecule has 0 heterocycles. The van der Waals surface area contributed by atoms with Gasteiger partial charge in [0.1, 0.15) is 23.0 Å². The van der Waals surface area contributed by atoms with E-state index in [9.17, 15) is 19.2 Å². The summed E-state index contributed by atoms with van der Waals surface area (Å²) in [6.45, 7) is 1.67. The third-order valence-electron chi connectivity index (χ3n) is 10.1. The normalized spacial score (nSPS) is 10.9. The molecular formula is C54H52O12S4. The predicted octanol–water partition coefficient (Wildman–Crippen LogP) is 11.7. The summed E-state index contributed by atoms with van der Waals surface area (Å²) in [4.78, 5) is 44.5. The maximum Gasteiger partial charge on any atom is 0.313 e. The monoisotopic (exact) mass is 1020 g/mol. The second kappa shape index (κ2) is 28.3. The number of hydrogen-bond acceptors (Lipinski definition) is 12. The quantitative estimate of drug-likeness (QED) is 0.0189. The van der Waals surface area contributed by atoms with Gasteiger partial charge in [-0.2, -0.15) is 0 Å². The van der Waals surface area contributed by atoms with Crippen molar-refractivity contribution in [3.8, 4) is 23.0 Å². The third kappa shape index (κ3) is 17.5. The summed E-state index contributed by atoms with van der Waals surface area (Å²) in [5.74, 6) is -1.63. The summed E-state index contributed by atoms with van der Waals surface area (Å²) in [6.07, 6.45) is 1.25.